The molecule has 4 rings (SSSR count). The topological polar surface area (TPSA) is 135 Å². The van der Waals surface area contributed by atoms with E-state index in [1.165, 1.54) is 12.1 Å². The lowest BCUT2D eigenvalue weighted by Crippen LogP contribution is -2.32. The molecule has 1 heterocycles. The van der Waals surface area contributed by atoms with Gasteiger partial charge in [-0.05, 0) is 55.7 Å². The zero-order valence-electron chi connectivity index (χ0n) is 18.4. The van der Waals surface area contributed by atoms with Crippen molar-refractivity contribution in [1.82, 2.24) is 15.5 Å². The van der Waals surface area contributed by atoms with E-state index in [9.17, 15) is 14.0 Å². The van der Waals surface area contributed by atoms with Crippen molar-refractivity contribution in [2.45, 2.75) is 38.6 Å². The lowest BCUT2D eigenvalue weighted by molar-refractivity contribution is -0.0361. The summed E-state index contributed by atoms with van der Waals surface area (Å²) in [5.41, 5.74) is 0.699. The number of aliphatic hydroxyl groups is 2. The summed E-state index contributed by atoms with van der Waals surface area (Å²) >= 11 is 0. The molecule has 0 spiro atoms. The Labute approximate surface area is 194 Å². The molecule has 1 amide bonds. The number of Topliss-reactive ketones (excluding diaryl/α,β-unsaturated/α-hetero) is 1. The molecule has 3 N–H and O–H groups in total. The van der Waals surface area contributed by atoms with Crippen LogP contribution in [0.3, 0.4) is 0 Å². The summed E-state index contributed by atoms with van der Waals surface area (Å²) in [7, 11) is 0. The van der Waals surface area contributed by atoms with Crippen LogP contribution in [0.15, 0.2) is 47.0 Å². The van der Waals surface area contributed by atoms with Gasteiger partial charge in [0.2, 0.25) is 5.82 Å². The first-order valence-electron chi connectivity index (χ1n) is 10.9. The Morgan fingerprint density at radius 2 is 1.94 bits per heavy atom. The van der Waals surface area contributed by atoms with Crippen molar-refractivity contribution >= 4 is 11.7 Å². The Kier molecular flexibility index (Phi) is 6.99. The van der Waals surface area contributed by atoms with Gasteiger partial charge in [-0.3, -0.25) is 9.59 Å². The number of hydrogen-bond donors (Lipinski definition) is 3. The normalized spacial score (nSPS) is 14.1. The van der Waals surface area contributed by atoms with Gasteiger partial charge in [0.05, 0.1) is 12.1 Å². The maximum Gasteiger partial charge on any atom is 0.268 e. The largest absolute Gasteiger partial charge is 0.481 e. The minimum absolute atomic E-state index is 0.124. The zero-order valence-corrected chi connectivity index (χ0v) is 18.4. The van der Waals surface area contributed by atoms with Crippen LogP contribution in [0.5, 0.6) is 5.75 Å². The molecule has 3 aromatic rings. The predicted octanol–water partition coefficient (Wildman–Crippen LogP) is 3.04. The highest BCUT2D eigenvalue weighted by atomic mass is 19.1. The van der Waals surface area contributed by atoms with Crippen LogP contribution in [0.4, 0.5) is 4.39 Å². The third kappa shape index (κ3) is 5.46. The summed E-state index contributed by atoms with van der Waals surface area (Å²) in [4.78, 5) is 28.4. The van der Waals surface area contributed by atoms with Gasteiger partial charge >= 0.3 is 0 Å². The van der Waals surface area contributed by atoms with E-state index in [0.29, 0.717) is 23.3 Å². The first kappa shape index (κ1) is 23.5. The summed E-state index contributed by atoms with van der Waals surface area (Å²) in [6.07, 6.45) is 0.130. The highest BCUT2D eigenvalue weighted by Crippen LogP contribution is 2.33. The van der Waals surface area contributed by atoms with E-state index >= 15 is 0 Å². The van der Waals surface area contributed by atoms with Crippen LogP contribution in [-0.2, 0) is 0 Å². The van der Waals surface area contributed by atoms with Crippen LogP contribution in [0.1, 0.15) is 58.9 Å². The summed E-state index contributed by atoms with van der Waals surface area (Å²) in [5.74, 6) is -0.425. The SMILES string of the molecule is CC[C@@H](Oc1ccc(C(=O)C2CC2)cc1)c1nc(-c2ccc(C(=O)NCC(O)O)c(F)c2)no1. The number of halogens is 1. The highest BCUT2D eigenvalue weighted by Gasteiger charge is 2.30. The molecule has 2 aromatic carbocycles. The lowest BCUT2D eigenvalue weighted by Gasteiger charge is -2.13. The average molecular weight is 469 g/mol. The quantitative estimate of drug-likeness (QED) is 0.305. The maximum absolute atomic E-state index is 14.5. The minimum Gasteiger partial charge on any atom is -0.481 e. The minimum atomic E-state index is -1.74. The number of amides is 1. The number of carbonyl (C=O) groups is 2. The summed E-state index contributed by atoms with van der Waals surface area (Å²) in [6, 6.07) is 10.7. The third-order valence-electron chi connectivity index (χ3n) is 5.37. The van der Waals surface area contributed by atoms with E-state index in [0.717, 1.165) is 18.9 Å². The summed E-state index contributed by atoms with van der Waals surface area (Å²) < 4.78 is 25.7. The second kappa shape index (κ2) is 10.1. The average Bonchev–Trinajstić information content (AvgIpc) is 3.57. The van der Waals surface area contributed by atoms with Gasteiger partial charge in [0.25, 0.3) is 11.8 Å². The molecule has 1 saturated carbocycles. The van der Waals surface area contributed by atoms with E-state index in [4.69, 9.17) is 19.5 Å². The number of ether oxygens (including phenoxy) is 1. The smallest absolute Gasteiger partial charge is 0.268 e. The van der Waals surface area contributed by atoms with Crippen LogP contribution in [-0.4, -0.2) is 44.9 Å². The fraction of sp³-hybridized carbons (Fsp3) is 0.333. The molecule has 10 heteroatoms. The number of aliphatic hydroxyl groups excluding tert-OH is 1. The van der Waals surface area contributed by atoms with Gasteiger partial charge in [-0.2, -0.15) is 4.98 Å². The molecule has 1 atom stereocenters. The van der Waals surface area contributed by atoms with Gasteiger partial charge in [-0.25, -0.2) is 4.39 Å². The second-order valence-corrected chi connectivity index (χ2v) is 8.02. The monoisotopic (exact) mass is 469 g/mol. The highest BCUT2D eigenvalue weighted by molar-refractivity contribution is 5.99. The van der Waals surface area contributed by atoms with Crippen LogP contribution in [0.25, 0.3) is 11.4 Å². The van der Waals surface area contributed by atoms with Crippen molar-refractivity contribution in [3.8, 4) is 17.1 Å². The molecule has 0 radical (unpaired) electrons. The van der Waals surface area contributed by atoms with Gasteiger partial charge < -0.3 is 24.8 Å². The molecule has 34 heavy (non-hydrogen) atoms. The Morgan fingerprint density at radius 1 is 1.21 bits per heavy atom. The van der Waals surface area contributed by atoms with E-state index < -0.39 is 30.7 Å². The standard InChI is InChI=1S/C24H24FN3O6/c1-2-19(33-16-8-5-14(6-9-16)21(31)13-3-4-13)24-27-22(28-34-24)15-7-10-17(18(25)11-15)23(32)26-12-20(29)30/h5-11,13,19-20,29-30H,2-4,12H2,1H3,(H,26,32)/t19-/m1/s1. The van der Waals surface area contributed by atoms with E-state index in [2.05, 4.69) is 15.5 Å². The number of aromatic nitrogens is 2. The Balaban J connectivity index is 1.44. The molecular weight excluding hydrogens is 445 g/mol. The molecule has 1 aromatic heterocycles. The van der Waals surface area contributed by atoms with E-state index in [1.807, 2.05) is 6.92 Å². The van der Waals surface area contributed by atoms with Crippen molar-refractivity contribution in [3.05, 3.63) is 65.3 Å². The molecular formula is C24H24FN3O6. The lowest BCUT2D eigenvalue weighted by atomic mass is 10.1. The first-order chi connectivity index (χ1) is 16.4. The third-order valence-corrected chi connectivity index (χ3v) is 5.37. The van der Waals surface area contributed by atoms with Crippen molar-refractivity contribution in [1.29, 1.82) is 0 Å². The molecule has 0 bridgehead atoms. The molecule has 0 unspecified atom stereocenters. The molecule has 1 aliphatic rings. The van der Waals surface area contributed by atoms with Crippen molar-refractivity contribution in [2.75, 3.05) is 6.54 Å². The van der Waals surface area contributed by atoms with Crippen molar-refractivity contribution in [2.24, 2.45) is 5.92 Å². The number of hydrogen-bond acceptors (Lipinski definition) is 8. The van der Waals surface area contributed by atoms with Crippen LogP contribution in [0, 0.1) is 11.7 Å². The fourth-order valence-electron chi connectivity index (χ4n) is 3.35. The molecule has 178 valence electrons. The number of benzene rings is 2. The second-order valence-electron chi connectivity index (χ2n) is 8.02. The van der Waals surface area contributed by atoms with Gasteiger partial charge in [-0.15, -0.1) is 0 Å². The Morgan fingerprint density at radius 3 is 2.56 bits per heavy atom. The van der Waals surface area contributed by atoms with Crippen molar-refractivity contribution < 1.29 is 33.5 Å². The Bertz CT molecular complexity index is 1170. The van der Waals surface area contributed by atoms with Crippen LogP contribution in [0.2, 0.25) is 0 Å². The van der Waals surface area contributed by atoms with Gasteiger partial charge in [-0.1, -0.05) is 18.1 Å². The molecule has 9 nitrogen and oxygen atoms in total. The van der Waals surface area contributed by atoms with Gasteiger partial charge in [0.1, 0.15) is 11.6 Å². The van der Waals surface area contributed by atoms with Gasteiger partial charge in [0, 0.05) is 17.0 Å². The van der Waals surface area contributed by atoms with Gasteiger partial charge in [0.15, 0.2) is 18.2 Å². The number of carbonyl (C=O) groups excluding carboxylic acids is 2. The van der Waals surface area contributed by atoms with E-state index in [1.54, 1.807) is 24.3 Å². The number of nitrogens with zero attached hydrogens (tertiary/aromatic N) is 2. The summed E-state index contributed by atoms with van der Waals surface area (Å²) in [5, 5.41) is 23.7. The zero-order chi connectivity index (χ0) is 24.2. The first-order valence-corrected chi connectivity index (χ1v) is 10.9. The van der Waals surface area contributed by atoms with E-state index in [-0.39, 0.29) is 29.0 Å². The number of rotatable bonds is 10. The molecule has 0 saturated heterocycles. The molecule has 1 aliphatic carbocycles. The predicted molar refractivity (Wildman–Crippen MR) is 117 cm³/mol. The Hall–Kier alpha value is -3.63. The van der Waals surface area contributed by atoms with Crippen LogP contribution >= 0.6 is 0 Å². The summed E-state index contributed by atoms with van der Waals surface area (Å²) in [6.45, 7) is 1.46. The molecule has 0 aliphatic heterocycles. The van der Waals surface area contributed by atoms with Crippen LogP contribution < -0.4 is 10.1 Å². The maximum atomic E-state index is 14.5. The number of ketones is 1. The van der Waals surface area contributed by atoms with Crippen molar-refractivity contribution in [3.63, 3.8) is 0 Å². The number of nitrogens with one attached hydrogen (secondary N) is 1. The fourth-order valence-corrected chi connectivity index (χ4v) is 3.35. The molecule has 1 fully saturated rings.